The second-order valence-corrected chi connectivity index (χ2v) is 7.59. The summed E-state index contributed by atoms with van der Waals surface area (Å²) in [5, 5.41) is 3.04. The molecule has 2 aliphatic rings. The summed E-state index contributed by atoms with van der Waals surface area (Å²) in [6.07, 6.45) is 5.20. The summed E-state index contributed by atoms with van der Waals surface area (Å²) in [5.74, 6) is 0.976. The van der Waals surface area contributed by atoms with E-state index in [1.165, 1.54) is 0 Å². The molecule has 5 nitrogen and oxygen atoms in total. The van der Waals surface area contributed by atoms with Gasteiger partial charge in [0, 0.05) is 45.5 Å². The van der Waals surface area contributed by atoms with E-state index in [0.29, 0.717) is 0 Å². The van der Waals surface area contributed by atoms with Crippen LogP contribution < -0.4 is 4.90 Å². The summed E-state index contributed by atoms with van der Waals surface area (Å²) < 4.78 is 17.2. The Labute approximate surface area is 148 Å². The molecule has 3 aromatic rings. The molecule has 0 radical (unpaired) electrons. The largest absolute Gasteiger partial charge is 0.353 e. The van der Waals surface area contributed by atoms with Gasteiger partial charge in [0.1, 0.15) is 17.8 Å². The Hall–Kier alpha value is -1.92. The number of aromatic nitrogens is 3. The number of aryl methyl sites for hydroxylation is 1. The number of rotatable bonds is 4. The van der Waals surface area contributed by atoms with Gasteiger partial charge in [0.25, 0.3) is 0 Å². The van der Waals surface area contributed by atoms with Crippen LogP contribution in [0.25, 0.3) is 11.0 Å². The third kappa shape index (κ3) is 2.41. The number of H-pyrrole nitrogens is 1. The highest BCUT2D eigenvalue weighted by Gasteiger charge is 2.51. The molecule has 6 heteroatoms. The zero-order chi connectivity index (χ0) is 17.7. The molecule has 2 unspecified atom stereocenters. The standard InChI is InChI=1S/C18H21N5S/c1-2-14(24-11-1)4-8-23-10-9-22(12-18(23)5-6-18)17-15-3-7-19-16(15)20-13-21-17/h1-3,7,11,13H,4-6,8-10,12H2,(H,19,20,21)/i4D,8D. The Bertz CT molecular complexity index is 907. The molecule has 3 aromatic heterocycles. The number of nitrogens with one attached hydrogen (secondary N) is 1. The van der Waals surface area contributed by atoms with Crippen molar-refractivity contribution < 1.29 is 2.74 Å². The number of fused-ring (bicyclic) bond motifs is 1. The Kier molecular flexibility index (Phi) is 2.89. The van der Waals surface area contributed by atoms with Gasteiger partial charge in [-0.2, -0.15) is 0 Å². The molecule has 0 amide bonds. The second kappa shape index (κ2) is 5.57. The number of hydrogen-bond donors (Lipinski definition) is 1. The van der Waals surface area contributed by atoms with Crippen LogP contribution in [0.2, 0.25) is 0 Å². The van der Waals surface area contributed by atoms with Crippen LogP contribution in [0.4, 0.5) is 5.82 Å². The number of aromatic amines is 1. The molecule has 1 aliphatic heterocycles. The van der Waals surface area contributed by atoms with Gasteiger partial charge >= 0.3 is 0 Å². The highest BCUT2D eigenvalue weighted by Crippen LogP contribution is 2.45. The third-order valence-electron chi connectivity index (χ3n) is 5.13. The maximum Gasteiger partial charge on any atom is 0.142 e. The molecular formula is C18H21N5S. The van der Waals surface area contributed by atoms with E-state index in [9.17, 15) is 0 Å². The van der Waals surface area contributed by atoms with E-state index in [1.54, 1.807) is 17.7 Å². The molecular weight excluding hydrogens is 318 g/mol. The van der Waals surface area contributed by atoms with Gasteiger partial charge in [-0.3, -0.25) is 4.90 Å². The predicted molar refractivity (Wildman–Crippen MR) is 97.7 cm³/mol. The van der Waals surface area contributed by atoms with Crippen molar-refractivity contribution in [3.8, 4) is 0 Å². The van der Waals surface area contributed by atoms with Crippen LogP contribution in [0.1, 0.15) is 20.5 Å². The topological polar surface area (TPSA) is 48.1 Å². The summed E-state index contributed by atoms with van der Waals surface area (Å²) >= 11 is 1.58. The van der Waals surface area contributed by atoms with Crippen molar-refractivity contribution in [3.05, 3.63) is 41.0 Å². The van der Waals surface area contributed by atoms with Crippen molar-refractivity contribution in [3.63, 3.8) is 0 Å². The van der Waals surface area contributed by atoms with Gasteiger partial charge in [-0.1, -0.05) is 6.07 Å². The van der Waals surface area contributed by atoms with E-state index in [0.717, 1.165) is 54.2 Å². The van der Waals surface area contributed by atoms with E-state index in [-0.39, 0.29) is 5.54 Å². The first-order valence-electron chi connectivity index (χ1n) is 9.51. The van der Waals surface area contributed by atoms with Crippen molar-refractivity contribution in [1.82, 2.24) is 19.9 Å². The molecule has 2 fully saturated rings. The number of anilines is 1. The molecule has 1 saturated heterocycles. The molecule has 1 aliphatic carbocycles. The first kappa shape index (κ1) is 12.4. The van der Waals surface area contributed by atoms with Crippen molar-refractivity contribution in [2.45, 2.75) is 24.8 Å². The van der Waals surface area contributed by atoms with Crippen LogP contribution in [0.5, 0.6) is 0 Å². The fourth-order valence-electron chi connectivity index (χ4n) is 3.65. The number of thiophene rings is 1. The Morgan fingerprint density at radius 1 is 1.29 bits per heavy atom. The fraction of sp³-hybridized carbons (Fsp3) is 0.444. The Morgan fingerprint density at radius 2 is 2.25 bits per heavy atom. The molecule has 0 aromatic carbocycles. The number of nitrogens with zero attached hydrogens (tertiary/aromatic N) is 4. The van der Waals surface area contributed by atoms with Crippen LogP contribution >= 0.6 is 11.3 Å². The summed E-state index contributed by atoms with van der Waals surface area (Å²) in [7, 11) is 0. The highest BCUT2D eigenvalue weighted by molar-refractivity contribution is 7.09. The first-order chi connectivity index (χ1) is 12.7. The van der Waals surface area contributed by atoms with E-state index in [2.05, 4.69) is 24.8 Å². The van der Waals surface area contributed by atoms with Gasteiger partial charge in [0.05, 0.1) is 5.39 Å². The smallest absolute Gasteiger partial charge is 0.142 e. The zero-order valence-electron chi connectivity index (χ0n) is 15.4. The molecule has 24 heavy (non-hydrogen) atoms. The van der Waals surface area contributed by atoms with Crippen molar-refractivity contribution in [2.24, 2.45) is 0 Å². The van der Waals surface area contributed by atoms with Gasteiger partial charge in [-0.05, 0) is 36.8 Å². The minimum atomic E-state index is -0.518. The minimum absolute atomic E-state index is 0.0226. The van der Waals surface area contributed by atoms with Gasteiger partial charge in [0.2, 0.25) is 0 Å². The van der Waals surface area contributed by atoms with Crippen LogP contribution in [0, 0.1) is 0 Å². The molecule has 1 saturated carbocycles. The van der Waals surface area contributed by atoms with Gasteiger partial charge in [0.15, 0.2) is 0 Å². The van der Waals surface area contributed by atoms with E-state index in [4.69, 9.17) is 2.74 Å². The van der Waals surface area contributed by atoms with Gasteiger partial charge < -0.3 is 9.88 Å². The average Bonchev–Trinajstić information content (AvgIpc) is 3.10. The van der Waals surface area contributed by atoms with E-state index >= 15 is 0 Å². The summed E-state index contributed by atoms with van der Waals surface area (Å²) in [4.78, 5) is 17.5. The van der Waals surface area contributed by atoms with Gasteiger partial charge in [-0.15, -0.1) is 11.3 Å². The van der Waals surface area contributed by atoms with Crippen molar-refractivity contribution >= 4 is 28.2 Å². The Balaban J connectivity index is 1.39. The average molecular weight is 341 g/mol. The molecule has 0 bridgehead atoms. The lowest BCUT2D eigenvalue weighted by Gasteiger charge is -2.42. The summed E-state index contributed by atoms with van der Waals surface area (Å²) in [6, 6.07) is 5.97. The lowest BCUT2D eigenvalue weighted by molar-refractivity contribution is 0.160. The summed E-state index contributed by atoms with van der Waals surface area (Å²) in [5.41, 5.74) is 0.888. The SMILES string of the molecule is [2H]C(c1cccs1)C([2H])N1CCN(c2ncnc3[nH]ccc23)CC12CC2. The number of piperazine rings is 1. The maximum atomic E-state index is 8.72. The van der Waals surface area contributed by atoms with E-state index < -0.39 is 12.9 Å². The molecule has 1 N–H and O–H groups in total. The van der Waals surface area contributed by atoms with Crippen LogP contribution in [-0.2, 0) is 6.40 Å². The van der Waals surface area contributed by atoms with Gasteiger partial charge in [-0.25, -0.2) is 9.97 Å². The van der Waals surface area contributed by atoms with Crippen LogP contribution in [-0.4, -0.2) is 51.5 Å². The molecule has 1 spiro atoms. The molecule has 5 rings (SSSR count). The maximum absolute atomic E-state index is 8.72. The van der Waals surface area contributed by atoms with Crippen LogP contribution in [0.3, 0.4) is 0 Å². The minimum Gasteiger partial charge on any atom is -0.353 e. The second-order valence-electron chi connectivity index (χ2n) is 6.61. The quantitative estimate of drug-likeness (QED) is 0.793. The molecule has 4 heterocycles. The first-order valence-corrected chi connectivity index (χ1v) is 9.24. The van der Waals surface area contributed by atoms with E-state index in [1.807, 2.05) is 29.8 Å². The fourth-order valence-corrected chi connectivity index (χ4v) is 4.26. The normalized spacial score (nSPS) is 23.9. The monoisotopic (exact) mass is 341 g/mol. The predicted octanol–water partition coefficient (Wildman–Crippen LogP) is 2.92. The zero-order valence-corrected chi connectivity index (χ0v) is 14.2. The lowest BCUT2D eigenvalue weighted by Crippen LogP contribution is -2.55. The van der Waals surface area contributed by atoms with Crippen molar-refractivity contribution in [2.75, 3.05) is 31.1 Å². The molecule has 124 valence electrons. The summed E-state index contributed by atoms with van der Waals surface area (Å²) in [6.45, 7) is 1.98. The Morgan fingerprint density at radius 3 is 3.08 bits per heavy atom. The highest BCUT2D eigenvalue weighted by atomic mass is 32.1. The third-order valence-corrected chi connectivity index (χ3v) is 5.96. The lowest BCUT2D eigenvalue weighted by atomic mass is 10.1. The van der Waals surface area contributed by atoms with Crippen LogP contribution in [0.15, 0.2) is 36.1 Å². The van der Waals surface area contributed by atoms with Crippen molar-refractivity contribution in [1.29, 1.82) is 0 Å². The number of hydrogen-bond acceptors (Lipinski definition) is 5. The molecule has 2 atom stereocenters.